The first-order valence-corrected chi connectivity index (χ1v) is 17.4. The minimum Gasteiger partial charge on any atom is -0.368 e. The summed E-state index contributed by atoms with van der Waals surface area (Å²) in [6, 6.07) is 16.3. The molecule has 0 aliphatic carbocycles. The lowest BCUT2D eigenvalue weighted by Crippen LogP contribution is -2.42. The predicted octanol–water partition coefficient (Wildman–Crippen LogP) is 6.90. The van der Waals surface area contributed by atoms with Crippen molar-refractivity contribution in [1.82, 2.24) is 30.6 Å². The molecule has 2 aliphatic heterocycles. The Morgan fingerprint density at radius 2 is 1.00 bits per heavy atom. The van der Waals surface area contributed by atoms with E-state index in [0.29, 0.717) is 13.2 Å². The maximum atomic E-state index is 12.9. The zero-order valence-electron chi connectivity index (χ0n) is 28.4. The molecule has 0 radical (unpaired) electrons. The number of hydrogen-bond donors (Lipinski definition) is 4. The lowest BCUT2D eigenvalue weighted by atomic mass is 10.0. The normalized spacial score (nSPS) is 19.6. The minimum absolute atomic E-state index is 0.0664. The van der Waals surface area contributed by atoms with Crippen molar-refractivity contribution in [2.75, 3.05) is 13.2 Å². The first-order chi connectivity index (χ1) is 23.3. The van der Waals surface area contributed by atoms with Gasteiger partial charge in [0.2, 0.25) is 11.8 Å². The van der Waals surface area contributed by atoms with E-state index in [1.807, 2.05) is 12.4 Å². The zero-order chi connectivity index (χ0) is 33.6. The van der Waals surface area contributed by atoms with Gasteiger partial charge in [-0.3, -0.25) is 9.59 Å². The molecule has 48 heavy (non-hydrogen) atoms. The molecule has 2 aliphatic rings. The molecule has 10 nitrogen and oxygen atoms in total. The highest BCUT2D eigenvalue weighted by Crippen LogP contribution is 2.29. The Morgan fingerprint density at radius 3 is 1.33 bits per heavy atom. The Hall–Kier alpha value is -4.28. The average Bonchev–Trinajstić information content (AvgIpc) is 3.81. The Balaban J connectivity index is 1.10. The van der Waals surface area contributed by atoms with E-state index in [2.05, 4.69) is 107 Å². The van der Waals surface area contributed by atoms with Gasteiger partial charge in [-0.15, -0.1) is 0 Å². The number of nitrogens with one attached hydrogen (secondary N) is 4. The van der Waals surface area contributed by atoms with E-state index in [9.17, 15) is 9.59 Å². The van der Waals surface area contributed by atoms with Crippen LogP contribution in [0.1, 0.15) is 90.0 Å². The van der Waals surface area contributed by atoms with Crippen molar-refractivity contribution < 1.29 is 19.1 Å². The van der Waals surface area contributed by atoms with Crippen LogP contribution in [0.3, 0.4) is 0 Å². The maximum Gasteiger partial charge on any atom is 0.249 e. The second kappa shape index (κ2) is 15.3. The Labute approximate surface area is 282 Å². The fourth-order valence-corrected chi connectivity index (χ4v) is 6.46. The molecule has 4 N–H and O–H groups in total. The fraction of sp³-hybridized carbons (Fsp3) is 0.474. The standard InChI is InChI=1S/C38H48N6O4/c1-23(2)33(43-37(45)31-9-5-7-19-47-31)35-39-21-29(41-35)27-15-11-25(12-16-27)26-13-17-28(18-14-26)30-22-40-36(42-30)34(24(3)4)44-38(46)32-10-6-8-20-48-32/h11-18,21-24,31-34H,5-10,19-20H2,1-4H3,(H,39,41)(H,40,42)(H,43,45)(H,44,46)/t31?,32?,33-,34-/m0/s1. The number of ether oxygens (including phenoxy) is 2. The van der Waals surface area contributed by atoms with Gasteiger partial charge in [0.15, 0.2) is 0 Å². The van der Waals surface area contributed by atoms with Gasteiger partial charge in [-0.1, -0.05) is 76.2 Å². The molecule has 2 unspecified atom stereocenters. The average molecular weight is 653 g/mol. The van der Waals surface area contributed by atoms with Crippen molar-refractivity contribution in [3.8, 4) is 33.6 Å². The zero-order valence-corrected chi connectivity index (χ0v) is 28.4. The van der Waals surface area contributed by atoms with Crippen molar-refractivity contribution in [3.05, 3.63) is 72.6 Å². The molecule has 0 spiro atoms. The van der Waals surface area contributed by atoms with Gasteiger partial charge in [0.25, 0.3) is 0 Å². The predicted molar refractivity (Wildman–Crippen MR) is 186 cm³/mol. The van der Waals surface area contributed by atoms with Crippen LogP contribution in [0.15, 0.2) is 60.9 Å². The summed E-state index contributed by atoms with van der Waals surface area (Å²) < 4.78 is 11.4. The first kappa shape index (κ1) is 33.6. The van der Waals surface area contributed by atoms with Crippen LogP contribution in [0.5, 0.6) is 0 Å². The number of nitrogens with zero attached hydrogens (tertiary/aromatic N) is 2. The summed E-state index contributed by atoms with van der Waals surface area (Å²) >= 11 is 0. The third-order valence-corrected chi connectivity index (χ3v) is 9.38. The maximum absolute atomic E-state index is 12.9. The summed E-state index contributed by atoms with van der Waals surface area (Å²) in [5, 5.41) is 6.32. The van der Waals surface area contributed by atoms with E-state index in [1.165, 1.54) is 0 Å². The third kappa shape index (κ3) is 7.88. The highest BCUT2D eigenvalue weighted by molar-refractivity contribution is 5.82. The molecule has 2 saturated heterocycles. The lowest BCUT2D eigenvalue weighted by Gasteiger charge is -2.26. The molecular weight excluding hydrogens is 604 g/mol. The molecule has 0 saturated carbocycles. The Bertz CT molecular complexity index is 1520. The monoisotopic (exact) mass is 652 g/mol. The van der Waals surface area contributed by atoms with E-state index in [-0.39, 0.29) is 47.9 Å². The molecule has 4 heterocycles. The molecule has 2 aromatic heterocycles. The number of hydrogen-bond acceptors (Lipinski definition) is 6. The molecule has 2 aromatic carbocycles. The van der Waals surface area contributed by atoms with Crippen LogP contribution < -0.4 is 10.6 Å². The highest BCUT2D eigenvalue weighted by atomic mass is 16.5. The molecule has 4 aromatic rings. The molecule has 2 amide bonds. The molecule has 6 rings (SSSR count). The number of aromatic nitrogens is 4. The van der Waals surface area contributed by atoms with Crippen LogP contribution in [0.4, 0.5) is 0 Å². The van der Waals surface area contributed by atoms with Crippen LogP contribution in [-0.4, -0.2) is 57.2 Å². The number of H-pyrrole nitrogens is 2. The number of benzene rings is 2. The van der Waals surface area contributed by atoms with Gasteiger partial charge in [-0.05, 0) is 72.6 Å². The number of imidazole rings is 2. The lowest BCUT2D eigenvalue weighted by molar-refractivity contribution is -0.137. The van der Waals surface area contributed by atoms with Crippen LogP contribution in [0.25, 0.3) is 33.6 Å². The van der Waals surface area contributed by atoms with Gasteiger partial charge in [0.1, 0.15) is 23.9 Å². The van der Waals surface area contributed by atoms with Gasteiger partial charge < -0.3 is 30.1 Å². The topological polar surface area (TPSA) is 134 Å². The van der Waals surface area contributed by atoms with Crippen molar-refractivity contribution in [2.24, 2.45) is 11.8 Å². The summed E-state index contributed by atoms with van der Waals surface area (Å²) in [6.07, 6.45) is 8.45. The molecule has 10 heteroatoms. The number of amides is 2. The van der Waals surface area contributed by atoms with Gasteiger partial charge >= 0.3 is 0 Å². The SMILES string of the molecule is CC(C)[C@H](NC(=O)C1CCCCO1)c1ncc(-c2ccc(-c3ccc(-c4cnc([C@@H](NC(=O)C5CCCCO5)C(C)C)[nH]4)cc3)cc2)[nH]1. The molecule has 4 atom stereocenters. The first-order valence-electron chi connectivity index (χ1n) is 17.4. The second-order valence-corrected chi connectivity index (χ2v) is 13.7. The van der Waals surface area contributed by atoms with Gasteiger partial charge in [-0.25, -0.2) is 9.97 Å². The minimum atomic E-state index is -0.383. The molecule has 2 fully saturated rings. The van der Waals surface area contributed by atoms with Crippen molar-refractivity contribution in [3.63, 3.8) is 0 Å². The van der Waals surface area contributed by atoms with Crippen molar-refractivity contribution in [1.29, 1.82) is 0 Å². The van der Waals surface area contributed by atoms with Crippen LogP contribution in [0, 0.1) is 11.8 Å². The second-order valence-electron chi connectivity index (χ2n) is 13.7. The van der Waals surface area contributed by atoms with E-state index in [4.69, 9.17) is 9.47 Å². The fourth-order valence-electron chi connectivity index (χ4n) is 6.46. The Morgan fingerprint density at radius 1 is 0.625 bits per heavy atom. The Kier molecular flexibility index (Phi) is 10.7. The molecule has 0 bridgehead atoms. The van der Waals surface area contributed by atoms with E-state index < -0.39 is 0 Å². The summed E-state index contributed by atoms with van der Waals surface area (Å²) in [6.45, 7) is 9.59. The number of aromatic amines is 2. The highest BCUT2D eigenvalue weighted by Gasteiger charge is 2.29. The van der Waals surface area contributed by atoms with Crippen molar-refractivity contribution in [2.45, 2.75) is 90.5 Å². The quantitative estimate of drug-likeness (QED) is 0.139. The number of rotatable bonds is 11. The van der Waals surface area contributed by atoms with E-state index in [0.717, 1.165) is 83.8 Å². The van der Waals surface area contributed by atoms with Gasteiger partial charge in [-0.2, -0.15) is 0 Å². The summed E-state index contributed by atoms with van der Waals surface area (Å²) in [7, 11) is 0. The smallest absolute Gasteiger partial charge is 0.249 e. The van der Waals surface area contributed by atoms with Crippen LogP contribution in [-0.2, 0) is 19.1 Å². The van der Waals surface area contributed by atoms with Crippen LogP contribution >= 0.6 is 0 Å². The van der Waals surface area contributed by atoms with Crippen LogP contribution in [0.2, 0.25) is 0 Å². The van der Waals surface area contributed by atoms with Gasteiger partial charge in [0.05, 0.1) is 35.9 Å². The number of carbonyl (C=O) groups excluding carboxylic acids is 2. The summed E-state index contributed by atoms with van der Waals surface area (Å²) in [5.74, 6) is 1.67. The molecule has 254 valence electrons. The largest absolute Gasteiger partial charge is 0.368 e. The summed E-state index contributed by atoms with van der Waals surface area (Å²) in [4.78, 5) is 41.9. The molecular formula is C38H48N6O4. The third-order valence-electron chi connectivity index (χ3n) is 9.38. The number of carbonyl (C=O) groups is 2. The van der Waals surface area contributed by atoms with E-state index in [1.54, 1.807) is 0 Å². The van der Waals surface area contributed by atoms with E-state index >= 15 is 0 Å². The van der Waals surface area contributed by atoms with Gasteiger partial charge in [0, 0.05) is 13.2 Å². The van der Waals surface area contributed by atoms with Crippen molar-refractivity contribution >= 4 is 11.8 Å². The summed E-state index contributed by atoms with van der Waals surface area (Å²) in [5.41, 5.74) is 6.04.